The molecular formula is C24H19FN4O2S2. The fraction of sp³-hybridized carbons (Fsp3) is 0.167. The Kier molecular flexibility index (Phi) is 5.82. The van der Waals surface area contributed by atoms with Crippen LogP contribution < -0.4 is 10.2 Å². The second kappa shape index (κ2) is 8.92. The highest BCUT2D eigenvalue weighted by molar-refractivity contribution is 8.00. The van der Waals surface area contributed by atoms with Gasteiger partial charge in [0.15, 0.2) is 0 Å². The first-order chi connectivity index (χ1) is 16.0. The summed E-state index contributed by atoms with van der Waals surface area (Å²) in [4.78, 5) is 36.9. The fourth-order valence-electron chi connectivity index (χ4n) is 3.97. The molecule has 1 atom stereocenters. The second-order valence-corrected chi connectivity index (χ2v) is 9.51. The molecule has 0 spiro atoms. The minimum atomic E-state index is -0.297. The number of carbonyl (C=O) groups excluding carboxylic acids is 2. The molecule has 6 nitrogen and oxygen atoms in total. The normalized spacial score (nSPS) is 15.8. The van der Waals surface area contributed by atoms with E-state index in [0.29, 0.717) is 16.4 Å². The van der Waals surface area contributed by atoms with E-state index in [1.165, 1.54) is 41.6 Å². The number of aromatic nitrogens is 2. The maximum atomic E-state index is 13.4. The number of fused-ring (bicyclic) bond motifs is 2. The molecule has 166 valence electrons. The van der Waals surface area contributed by atoms with E-state index in [-0.39, 0.29) is 35.8 Å². The number of thioether (sulfide) groups is 1. The third-order valence-electron chi connectivity index (χ3n) is 5.45. The van der Waals surface area contributed by atoms with Crippen molar-refractivity contribution in [2.24, 2.45) is 0 Å². The molecule has 1 aliphatic heterocycles. The molecule has 9 heteroatoms. The van der Waals surface area contributed by atoms with Crippen molar-refractivity contribution < 1.29 is 14.0 Å². The summed E-state index contributed by atoms with van der Waals surface area (Å²) < 4.78 is 13.4. The molecule has 0 saturated heterocycles. The van der Waals surface area contributed by atoms with Crippen LogP contribution >= 0.6 is 23.1 Å². The van der Waals surface area contributed by atoms with Gasteiger partial charge in [0.1, 0.15) is 22.0 Å². The highest BCUT2D eigenvalue weighted by Crippen LogP contribution is 2.38. The van der Waals surface area contributed by atoms with Crippen LogP contribution in [0.25, 0.3) is 21.3 Å². The van der Waals surface area contributed by atoms with Gasteiger partial charge in [-0.3, -0.25) is 9.59 Å². The lowest BCUT2D eigenvalue weighted by molar-refractivity contribution is -0.117. The number of halogens is 1. The number of nitrogens with one attached hydrogen (secondary N) is 1. The smallest absolute Gasteiger partial charge is 0.237 e. The molecule has 5 rings (SSSR count). The second-order valence-electron chi connectivity index (χ2n) is 7.69. The Morgan fingerprint density at radius 2 is 2.00 bits per heavy atom. The monoisotopic (exact) mass is 478 g/mol. The van der Waals surface area contributed by atoms with E-state index in [9.17, 15) is 14.0 Å². The largest absolute Gasteiger partial charge is 0.324 e. The van der Waals surface area contributed by atoms with Gasteiger partial charge in [-0.15, -0.1) is 11.3 Å². The maximum absolute atomic E-state index is 13.4. The molecule has 2 aromatic carbocycles. The van der Waals surface area contributed by atoms with E-state index in [4.69, 9.17) is 0 Å². The van der Waals surface area contributed by atoms with Crippen LogP contribution in [0.15, 0.2) is 65.3 Å². The van der Waals surface area contributed by atoms with Crippen molar-refractivity contribution in [3.63, 3.8) is 0 Å². The molecule has 0 saturated carbocycles. The number of amides is 2. The number of anilines is 2. The molecule has 33 heavy (non-hydrogen) atoms. The third kappa shape index (κ3) is 4.21. The van der Waals surface area contributed by atoms with E-state index in [1.54, 1.807) is 23.1 Å². The maximum Gasteiger partial charge on any atom is 0.237 e. The van der Waals surface area contributed by atoms with Crippen LogP contribution in [-0.4, -0.2) is 33.6 Å². The lowest BCUT2D eigenvalue weighted by Crippen LogP contribution is -2.40. The van der Waals surface area contributed by atoms with E-state index >= 15 is 0 Å². The van der Waals surface area contributed by atoms with Gasteiger partial charge < -0.3 is 10.2 Å². The van der Waals surface area contributed by atoms with Crippen molar-refractivity contribution in [2.45, 2.75) is 24.4 Å². The molecule has 2 aromatic heterocycles. The summed E-state index contributed by atoms with van der Waals surface area (Å²) in [5.41, 5.74) is 3.10. The van der Waals surface area contributed by atoms with Crippen molar-refractivity contribution in [1.82, 2.24) is 9.97 Å². The van der Waals surface area contributed by atoms with Crippen molar-refractivity contribution in [3.05, 3.63) is 66.1 Å². The number of nitrogens with zero attached hydrogens (tertiary/aromatic N) is 3. The Labute approximate surface area is 197 Å². The van der Waals surface area contributed by atoms with E-state index in [2.05, 4.69) is 15.3 Å². The zero-order valence-corrected chi connectivity index (χ0v) is 19.3. The van der Waals surface area contributed by atoms with Gasteiger partial charge in [0.25, 0.3) is 0 Å². The number of hydrogen-bond donors (Lipinski definition) is 1. The van der Waals surface area contributed by atoms with Gasteiger partial charge in [-0.1, -0.05) is 36.0 Å². The van der Waals surface area contributed by atoms with Gasteiger partial charge in [0, 0.05) is 23.4 Å². The number of rotatable bonds is 4. The Bertz CT molecular complexity index is 1360. The first kappa shape index (κ1) is 21.5. The molecule has 0 unspecified atom stereocenters. The Morgan fingerprint density at radius 1 is 1.21 bits per heavy atom. The zero-order chi connectivity index (χ0) is 22.9. The van der Waals surface area contributed by atoms with Crippen LogP contribution in [0, 0.1) is 5.82 Å². The van der Waals surface area contributed by atoms with Gasteiger partial charge in [0.05, 0.1) is 22.5 Å². The number of carbonyl (C=O) groups is 2. The summed E-state index contributed by atoms with van der Waals surface area (Å²) in [6.07, 6.45) is 1.72. The molecule has 0 radical (unpaired) electrons. The molecule has 3 heterocycles. The Balaban J connectivity index is 1.44. The lowest BCUT2D eigenvalue weighted by Gasteiger charge is -2.27. The Morgan fingerprint density at radius 3 is 2.82 bits per heavy atom. The van der Waals surface area contributed by atoms with Crippen LogP contribution in [0.2, 0.25) is 0 Å². The summed E-state index contributed by atoms with van der Waals surface area (Å²) in [7, 11) is 0. The van der Waals surface area contributed by atoms with Gasteiger partial charge in [-0.25, -0.2) is 14.4 Å². The average Bonchev–Trinajstić information content (AvgIpc) is 3.19. The summed E-state index contributed by atoms with van der Waals surface area (Å²) in [6, 6.07) is 13.3. The Hall–Kier alpha value is -3.30. The minimum absolute atomic E-state index is 0.109. The van der Waals surface area contributed by atoms with Crippen LogP contribution in [-0.2, 0) is 9.59 Å². The molecule has 2 amide bonds. The van der Waals surface area contributed by atoms with E-state index in [0.717, 1.165) is 21.3 Å². The highest BCUT2D eigenvalue weighted by Gasteiger charge is 2.29. The topological polar surface area (TPSA) is 75.2 Å². The first-order valence-electron chi connectivity index (χ1n) is 10.3. The van der Waals surface area contributed by atoms with Crippen molar-refractivity contribution in [3.8, 4) is 11.1 Å². The average molecular weight is 479 g/mol. The molecule has 1 N–H and O–H groups in total. The number of thiophene rings is 1. The van der Waals surface area contributed by atoms with Gasteiger partial charge in [0.2, 0.25) is 11.8 Å². The number of hydrogen-bond acceptors (Lipinski definition) is 6. The SMILES string of the molecule is C[C@H]1CC(=O)Nc2ccccc2N1C(=O)CSc1ncnc2scc(-c3ccc(F)cc3)c12. The number of benzene rings is 2. The van der Waals surface area contributed by atoms with Crippen molar-refractivity contribution >= 4 is 56.5 Å². The molecule has 4 aromatic rings. The van der Waals surface area contributed by atoms with Crippen LogP contribution in [0.5, 0.6) is 0 Å². The molecule has 1 aliphatic rings. The van der Waals surface area contributed by atoms with E-state index < -0.39 is 0 Å². The predicted octanol–water partition coefficient (Wildman–Crippen LogP) is 5.35. The molecule has 0 bridgehead atoms. The van der Waals surface area contributed by atoms with Gasteiger partial charge in [-0.05, 0) is 36.8 Å². The summed E-state index contributed by atoms with van der Waals surface area (Å²) in [5, 5.41) is 6.40. The first-order valence-corrected chi connectivity index (χ1v) is 12.2. The minimum Gasteiger partial charge on any atom is -0.324 e. The van der Waals surface area contributed by atoms with Crippen LogP contribution in [0.1, 0.15) is 13.3 Å². The molecular weight excluding hydrogens is 459 g/mol. The van der Waals surface area contributed by atoms with Crippen LogP contribution in [0.4, 0.5) is 15.8 Å². The van der Waals surface area contributed by atoms with Gasteiger partial charge in [-0.2, -0.15) is 0 Å². The predicted molar refractivity (Wildman–Crippen MR) is 130 cm³/mol. The van der Waals surface area contributed by atoms with Gasteiger partial charge >= 0.3 is 0 Å². The standard InChI is InChI=1S/C24H19FN4O2S2/c1-14-10-20(30)28-18-4-2-3-5-19(18)29(14)21(31)12-33-24-22-17(11-32-23(22)26-13-27-24)15-6-8-16(25)9-7-15/h2-9,11,13-14H,10,12H2,1H3,(H,28,30)/t14-/m0/s1. The third-order valence-corrected chi connectivity index (χ3v) is 7.31. The highest BCUT2D eigenvalue weighted by atomic mass is 32.2. The lowest BCUT2D eigenvalue weighted by atomic mass is 10.1. The quantitative estimate of drug-likeness (QED) is 0.316. The summed E-state index contributed by atoms with van der Waals surface area (Å²) in [5.74, 6) is -0.369. The van der Waals surface area contributed by atoms with Crippen molar-refractivity contribution in [1.29, 1.82) is 0 Å². The number of para-hydroxylation sites is 2. The van der Waals surface area contributed by atoms with E-state index in [1.807, 2.05) is 30.5 Å². The summed E-state index contributed by atoms with van der Waals surface area (Å²) in [6.45, 7) is 1.87. The van der Waals surface area contributed by atoms with Crippen LogP contribution in [0.3, 0.4) is 0 Å². The zero-order valence-electron chi connectivity index (χ0n) is 17.6. The summed E-state index contributed by atoms with van der Waals surface area (Å²) >= 11 is 2.82. The molecule has 0 fully saturated rings. The fourth-order valence-corrected chi connectivity index (χ4v) is 5.82. The molecule has 0 aliphatic carbocycles. The van der Waals surface area contributed by atoms with Crippen molar-refractivity contribution in [2.75, 3.05) is 16.0 Å².